The van der Waals surface area contributed by atoms with Crippen LogP contribution in [0, 0.1) is 5.92 Å². The van der Waals surface area contributed by atoms with Crippen molar-refractivity contribution in [2.45, 2.75) is 57.5 Å². The zero-order valence-corrected chi connectivity index (χ0v) is 25.4. The zero-order chi connectivity index (χ0) is 32.3. The Morgan fingerprint density at radius 2 is 1.98 bits per heavy atom. The highest BCUT2D eigenvalue weighted by Crippen LogP contribution is 2.44. The molecule has 3 aromatic heterocycles. The number of amides is 2. The number of nitrogens with zero attached hydrogens (tertiary/aromatic N) is 5. The van der Waals surface area contributed by atoms with Gasteiger partial charge in [0.25, 0.3) is 11.8 Å². The molecule has 1 aromatic carbocycles. The Hall–Kier alpha value is -4.23. The topological polar surface area (TPSA) is 125 Å². The van der Waals surface area contributed by atoms with Crippen LogP contribution in [0.4, 0.5) is 18.9 Å². The average molecular weight is 643 g/mol. The molecule has 2 amide bonds. The molecule has 0 unspecified atom stereocenters. The number of primary amides is 1. The van der Waals surface area contributed by atoms with E-state index in [9.17, 15) is 22.8 Å². The Morgan fingerprint density at radius 1 is 1.22 bits per heavy atom. The van der Waals surface area contributed by atoms with Crippen molar-refractivity contribution in [1.82, 2.24) is 19.5 Å². The van der Waals surface area contributed by atoms with E-state index in [1.165, 1.54) is 13.3 Å². The van der Waals surface area contributed by atoms with Gasteiger partial charge in [-0.25, -0.2) is 9.97 Å². The molecule has 1 aliphatic carbocycles. The maximum atomic E-state index is 14.2. The first-order valence-corrected chi connectivity index (χ1v) is 14.7. The van der Waals surface area contributed by atoms with E-state index in [2.05, 4.69) is 15.0 Å². The minimum atomic E-state index is -4.66. The van der Waals surface area contributed by atoms with Crippen molar-refractivity contribution in [2.75, 3.05) is 18.6 Å². The predicted octanol–water partition coefficient (Wildman–Crippen LogP) is 5.65. The van der Waals surface area contributed by atoms with Gasteiger partial charge in [-0.15, -0.1) is 0 Å². The SMILES string of the molecule is COC[C@H](n1cnc2c(-c3ccc4c(c3)OC(C)(C)C(=O)N4Cc3ccc(Cl)cn3)c(C(N)=O)c(CC3CC3)nc21)C(F)(F)F. The van der Waals surface area contributed by atoms with Crippen molar-refractivity contribution in [3.05, 3.63) is 64.8 Å². The van der Waals surface area contributed by atoms with Gasteiger partial charge < -0.3 is 19.8 Å². The van der Waals surface area contributed by atoms with Crippen molar-refractivity contribution in [3.8, 4) is 16.9 Å². The number of nitrogens with two attached hydrogens (primary N) is 1. The summed E-state index contributed by atoms with van der Waals surface area (Å²) in [5.41, 5.74) is 6.78. The van der Waals surface area contributed by atoms with E-state index < -0.39 is 30.3 Å². The number of aromatic nitrogens is 4. The number of imidazole rings is 1. The molecule has 2 N–H and O–H groups in total. The van der Waals surface area contributed by atoms with Crippen LogP contribution in [0.5, 0.6) is 5.75 Å². The molecule has 6 rings (SSSR count). The fraction of sp³-hybridized carbons (Fsp3) is 0.387. The van der Waals surface area contributed by atoms with Crippen molar-refractivity contribution < 1.29 is 32.2 Å². The number of pyridine rings is 2. The minimum absolute atomic E-state index is 0.0467. The minimum Gasteiger partial charge on any atom is -0.476 e. The summed E-state index contributed by atoms with van der Waals surface area (Å²) >= 11 is 5.99. The van der Waals surface area contributed by atoms with Gasteiger partial charge in [0.05, 0.1) is 47.1 Å². The number of rotatable bonds is 9. The number of anilines is 1. The van der Waals surface area contributed by atoms with Gasteiger partial charge in [0.2, 0.25) is 0 Å². The number of methoxy groups -OCH3 is 1. The summed E-state index contributed by atoms with van der Waals surface area (Å²) in [5, 5.41) is 0.457. The normalized spacial score (nSPS) is 16.9. The highest BCUT2D eigenvalue weighted by Gasteiger charge is 2.44. The number of fused-ring (bicyclic) bond motifs is 2. The highest BCUT2D eigenvalue weighted by atomic mass is 35.5. The first-order chi connectivity index (χ1) is 21.3. The third kappa shape index (κ3) is 5.82. The van der Waals surface area contributed by atoms with Crippen LogP contribution >= 0.6 is 11.6 Å². The van der Waals surface area contributed by atoms with E-state index >= 15 is 0 Å². The van der Waals surface area contributed by atoms with E-state index in [4.69, 9.17) is 26.8 Å². The molecule has 1 fully saturated rings. The summed E-state index contributed by atoms with van der Waals surface area (Å²) in [7, 11) is 1.19. The van der Waals surface area contributed by atoms with Crippen LogP contribution in [0.1, 0.15) is 54.5 Å². The maximum absolute atomic E-state index is 14.2. The number of alkyl halides is 3. The molecule has 1 atom stereocenters. The Labute approximate surface area is 261 Å². The van der Waals surface area contributed by atoms with Gasteiger partial charge in [0, 0.05) is 18.9 Å². The van der Waals surface area contributed by atoms with Crippen LogP contribution in [-0.4, -0.2) is 56.8 Å². The Morgan fingerprint density at radius 3 is 2.60 bits per heavy atom. The van der Waals surface area contributed by atoms with Crippen molar-refractivity contribution in [1.29, 1.82) is 0 Å². The molecular weight excluding hydrogens is 613 g/mol. The lowest BCUT2D eigenvalue weighted by Crippen LogP contribution is -2.52. The molecule has 2 aliphatic rings. The number of hydrogen-bond donors (Lipinski definition) is 1. The first kappa shape index (κ1) is 30.8. The molecule has 4 aromatic rings. The van der Waals surface area contributed by atoms with Crippen molar-refractivity contribution >= 4 is 40.3 Å². The van der Waals surface area contributed by atoms with Crippen LogP contribution in [0.25, 0.3) is 22.3 Å². The van der Waals surface area contributed by atoms with Crippen molar-refractivity contribution in [2.24, 2.45) is 11.7 Å². The van der Waals surface area contributed by atoms with E-state index in [0.29, 0.717) is 39.8 Å². The summed E-state index contributed by atoms with van der Waals surface area (Å²) in [6.45, 7) is 2.75. The van der Waals surface area contributed by atoms with Crippen LogP contribution < -0.4 is 15.4 Å². The van der Waals surface area contributed by atoms with Crippen LogP contribution in [0.2, 0.25) is 5.02 Å². The van der Waals surface area contributed by atoms with E-state index in [0.717, 1.165) is 23.7 Å². The second-order valence-electron chi connectivity index (χ2n) is 11.8. The van der Waals surface area contributed by atoms with Gasteiger partial charge in [-0.2, -0.15) is 13.2 Å². The van der Waals surface area contributed by atoms with Crippen molar-refractivity contribution in [3.63, 3.8) is 0 Å². The quantitative estimate of drug-likeness (QED) is 0.250. The molecule has 10 nitrogen and oxygen atoms in total. The van der Waals surface area contributed by atoms with Gasteiger partial charge >= 0.3 is 6.18 Å². The van der Waals surface area contributed by atoms with E-state index in [1.54, 1.807) is 49.1 Å². The first-order valence-electron chi connectivity index (χ1n) is 14.3. The number of hydrogen-bond acceptors (Lipinski definition) is 7. The third-order valence-corrected chi connectivity index (χ3v) is 8.24. The lowest BCUT2D eigenvalue weighted by Gasteiger charge is -2.39. The second kappa shape index (κ2) is 11.3. The van der Waals surface area contributed by atoms with E-state index in [1.807, 2.05) is 0 Å². The van der Waals surface area contributed by atoms with Gasteiger partial charge in [-0.3, -0.25) is 19.5 Å². The van der Waals surface area contributed by atoms with Gasteiger partial charge in [0.1, 0.15) is 11.3 Å². The van der Waals surface area contributed by atoms with Gasteiger partial charge in [-0.1, -0.05) is 17.7 Å². The number of benzene rings is 1. The van der Waals surface area contributed by atoms with Crippen LogP contribution in [0.3, 0.4) is 0 Å². The lowest BCUT2D eigenvalue weighted by molar-refractivity contribution is -0.178. The highest BCUT2D eigenvalue weighted by molar-refractivity contribution is 6.30. The Balaban J connectivity index is 1.54. The number of halogens is 4. The number of ether oxygens (including phenoxy) is 2. The molecule has 236 valence electrons. The lowest BCUT2D eigenvalue weighted by atomic mass is 9.94. The predicted molar refractivity (Wildman–Crippen MR) is 160 cm³/mol. The fourth-order valence-corrected chi connectivity index (χ4v) is 5.75. The monoisotopic (exact) mass is 642 g/mol. The summed E-state index contributed by atoms with van der Waals surface area (Å²) < 4.78 is 54.5. The largest absolute Gasteiger partial charge is 0.476 e. The summed E-state index contributed by atoms with van der Waals surface area (Å²) in [6.07, 6.45) is 0.0841. The standard InChI is InChI=1S/C31H30ClF3N6O4/c1-30(2)29(43)40(13-19-8-7-18(32)12-37-19)21-9-6-17(11-22(21)45-30)24-25(27(36)42)20(10-16-4-5-16)39-28-26(24)38-15-41(28)23(14-44-3)31(33,34)35/h6-9,11-12,15-16,23H,4-5,10,13-14H2,1-3H3,(H2,36,42)/t23-/m0/s1. The number of carbonyl (C=O) groups is 2. The fourth-order valence-electron chi connectivity index (χ4n) is 5.64. The molecule has 0 bridgehead atoms. The summed E-state index contributed by atoms with van der Waals surface area (Å²) in [6, 6.07) is 6.30. The molecule has 14 heteroatoms. The molecule has 1 saturated carbocycles. The Bertz CT molecular complexity index is 1800. The third-order valence-electron chi connectivity index (χ3n) is 8.02. The molecule has 45 heavy (non-hydrogen) atoms. The molecule has 0 spiro atoms. The number of carbonyl (C=O) groups excluding carboxylic acids is 2. The maximum Gasteiger partial charge on any atom is 0.411 e. The molecule has 1 aliphatic heterocycles. The second-order valence-corrected chi connectivity index (χ2v) is 12.2. The smallest absolute Gasteiger partial charge is 0.411 e. The average Bonchev–Trinajstić information content (AvgIpc) is 3.69. The summed E-state index contributed by atoms with van der Waals surface area (Å²) in [4.78, 5) is 41.3. The van der Waals surface area contributed by atoms with Crippen LogP contribution in [0.15, 0.2) is 42.9 Å². The molecule has 0 radical (unpaired) electrons. The van der Waals surface area contributed by atoms with Gasteiger partial charge in [-0.05, 0) is 68.9 Å². The zero-order valence-electron chi connectivity index (χ0n) is 24.7. The Kier molecular flexibility index (Phi) is 7.72. The van der Waals surface area contributed by atoms with Crippen LogP contribution in [-0.2, 0) is 22.5 Å². The molecule has 0 saturated heterocycles. The van der Waals surface area contributed by atoms with Gasteiger partial charge in [0.15, 0.2) is 17.3 Å². The summed E-state index contributed by atoms with van der Waals surface area (Å²) in [5.74, 6) is -0.519. The molecule has 4 heterocycles. The molecular formula is C31H30ClF3N6O4. The van der Waals surface area contributed by atoms with E-state index in [-0.39, 0.29) is 40.7 Å².